The molecular formula is C15H22N2O2. The Morgan fingerprint density at radius 1 is 1.26 bits per heavy atom. The molecule has 1 fully saturated rings. The normalized spacial score (nSPS) is 17.8. The zero-order valence-electron chi connectivity index (χ0n) is 11.7. The first-order valence-corrected chi connectivity index (χ1v) is 6.90. The van der Waals surface area contributed by atoms with Crippen molar-refractivity contribution >= 4 is 11.6 Å². The van der Waals surface area contributed by atoms with Crippen molar-refractivity contribution in [3.63, 3.8) is 0 Å². The van der Waals surface area contributed by atoms with Gasteiger partial charge in [-0.2, -0.15) is 0 Å². The SMILES string of the molecule is COc1ccccc1NC(=O)C(C)N1CCCCC1. The third-order valence-electron chi connectivity index (χ3n) is 3.68. The van der Waals surface area contributed by atoms with Crippen LogP contribution in [-0.4, -0.2) is 37.0 Å². The summed E-state index contributed by atoms with van der Waals surface area (Å²) in [5.41, 5.74) is 0.735. The number of nitrogens with zero attached hydrogens (tertiary/aromatic N) is 1. The van der Waals surface area contributed by atoms with Gasteiger partial charge in [-0.25, -0.2) is 0 Å². The Bertz CT molecular complexity index is 428. The van der Waals surface area contributed by atoms with Crippen LogP contribution in [-0.2, 0) is 4.79 Å². The van der Waals surface area contributed by atoms with E-state index in [9.17, 15) is 4.79 Å². The molecule has 1 atom stereocenters. The second-order valence-electron chi connectivity index (χ2n) is 4.96. The fourth-order valence-corrected chi connectivity index (χ4v) is 2.46. The maximum atomic E-state index is 12.3. The molecule has 1 heterocycles. The van der Waals surface area contributed by atoms with Gasteiger partial charge in [0.1, 0.15) is 5.75 Å². The van der Waals surface area contributed by atoms with E-state index in [2.05, 4.69) is 10.2 Å². The molecular weight excluding hydrogens is 240 g/mol. The number of carbonyl (C=O) groups is 1. The van der Waals surface area contributed by atoms with Crippen LogP contribution >= 0.6 is 0 Å². The predicted octanol–water partition coefficient (Wildman–Crippen LogP) is 2.51. The molecule has 4 heteroatoms. The number of benzene rings is 1. The highest BCUT2D eigenvalue weighted by Gasteiger charge is 2.23. The van der Waals surface area contributed by atoms with Crippen molar-refractivity contribution in [1.29, 1.82) is 0 Å². The average Bonchev–Trinajstić information content (AvgIpc) is 2.48. The lowest BCUT2D eigenvalue weighted by molar-refractivity contribution is -0.121. The lowest BCUT2D eigenvalue weighted by Gasteiger charge is -2.31. The fourth-order valence-electron chi connectivity index (χ4n) is 2.46. The molecule has 0 aliphatic carbocycles. The minimum Gasteiger partial charge on any atom is -0.495 e. The summed E-state index contributed by atoms with van der Waals surface area (Å²) in [6.07, 6.45) is 3.65. The first-order valence-electron chi connectivity index (χ1n) is 6.90. The number of methoxy groups -OCH3 is 1. The van der Waals surface area contributed by atoms with Gasteiger partial charge in [0, 0.05) is 0 Å². The average molecular weight is 262 g/mol. The smallest absolute Gasteiger partial charge is 0.241 e. The maximum absolute atomic E-state index is 12.3. The van der Waals surface area contributed by atoms with Crippen molar-refractivity contribution in [3.8, 4) is 5.75 Å². The maximum Gasteiger partial charge on any atom is 0.241 e. The van der Waals surface area contributed by atoms with Gasteiger partial charge in [-0.1, -0.05) is 18.6 Å². The third kappa shape index (κ3) is 3.47. The van der Waals surface area contributed by atoms with Crippen LogP contribution in [0.4, 0.5) is 5.69 Å². The molecule has 0 aromatic heterocycles. The fraction of sp³-hybridized carbons (Fsp3) is 0.533. The van der Waals surface area contributed by atoms with E-state index in [-0.39, 0.29) is 11.9 Å². The van der Waals surface area contributed by atoms with Crippen LogP contribution in [0.15, 0.2) is 24.3 Å². The molecule has 1 saturated heterocycles. The van der Waals surface area contributed by atoms with Crippen molar-refractivity contribution in [2.75, 3.05) is 25.5 Å². The monoisotopic (exact) mass is 262 g/mol. The molecule has 1 unspecified atom stereocenters. The zero-order valence-corrected chi connectivity index (χ0v) is 11.7. The highest BCUT2D eigenvalue weighted by atomic mass is 16.5. The van der Waals surface area contributed by atoms with Crippen LogP contribution in [0.3, 0.4) is 0 Å². The lowest BCUT2D eigenvalue weighted by Crippen LogP contribution is -2.44. The van der Waals surface area contributed by atoms with Crippen LogP contribution in [0.2, 0.25) is 0 Å². The summed E-state index contributed by atoms with van der Waals surface area (Å²) in [4.78, 5) is 14.5. The van der Waals surface area contributed by atoms with E-state index >= 15 is 0 Å². The Hall–Kier alpha value is -1.55. The van der Waals surface area contributed by atoms with Gasteiger partial charge in [0.25, 0.3) is 0 Å². The van der Waals surface area contributed by atoms with Gasteiger partial charge < -0.3 is 10.1 Å². The number of ether oxygens (including phenoxy) is 1. The van der Waals surface area contributed by atoms with Gasteiger partial charge in [-0.05, 0) is 45.0 Å². The number of para-hydroxylation sites is 2. The number of rotatable bonds is 4. The number of amides is 1. The Kier molecular flexibility index (Phi) is 4.80. The molecule has 0 bridgehead atoms. The second kappa shape index (κ2) is 6.57. The zero-order chi connectivity index (χ0) is 13.7. The quantitative estimate of drug-likeness (QED) is 0.906. The number of likely N-dealkylation sites (tertiary alicyclic amines) is 1. The molecule has 1 N–H and O–H groups in total. The van der Waals surface area contributed by atoms with Crippen molar-refractivity contribution < 1.29 is 9.53 Å². The number of hydrogen-bond donors (Lipinski definition) is 1. The van der Waals surface area contributed by atoms with Crippen molar-refractivity contribution in [2.24, 2.45) is 0 Å². The topological polar surface area (TPSA) is 41.6 Å². The minimum absolute atomic E-state index is 0.0337. The Morgan fingerprint density at radius 3 is 2.63 bits per heavy atom. The number of nitrogens with one attached hydrogen (secondary N) is 1. The highest BCUT2D eigenvalue weighted by molar-refractivity contribution is 5.95. The Labute approximate surface area is 114 Å². The van der Waals surface area contributed by atoms with E-state index < -0.39 is 0 Å². The third-order valence-corrected chi connectivity index (χ3v) is 3.68. The molecule has 19 heavy (non-hydrogen) atoms. The number of piperidine rings is 1. The van der Waals surface area contributed by atoms with Crippen LogP contribution < -0.4 is 10.1 Å². The highest BCUT2D eigenvalue weighted by Crippen LogP contribution is 2.23. The number of hydrogen-bond acceptors (Lipinski definition) is 3. The first kappa shape index (κ1) is 13.9. The van der Waals surface area contributed by atoms with E-state index in [0.717, 1.165) is 18.8 Å². The molecule has 104 valence electrons. The summed E-state index contributed by atoms with van der Waals surface area (Å²) in [5, 5.41) is 2.95. The van der Waals surface area contributed by atoms with Gasteiger partial charge in [0.15, 0.2) is 0 Å². The van der Waals surface area contributed by atoms with E-state index in [1.54, 1.807) is 7.11 Å². The van der Waals surface area contributed by atoms with Gasteiger partial charge >= 0.3 is 0 Å². The molecule has 0 radical (unpaired) electrons. The predicted molar refractivity (Wildman–Crippen MR) is 76.5 cm³/mol. The Morgan fingerprint density at radius 2 is 1.95 bits per heavy atom. The van der Waals surface area contributed by atoms with E-state index in [1.165, 1.54) is 19.3 Å². The van der Waals surface area contributed by atoms with Crippen LogP contribution in [0.5, 0.6) is 5.75 Å². The molecule has 4 nitrogen and oxygen atoms in total. The molecule has 1 aromatic rings. The number of anilines is 1. The summed E-state index contributed by atoms with van der Waals surface area (Å²) >= 11 is 0. The largest absolute Gasteiger partial charge is 0.495 e. The summed E-state index contributed by atoms with van der Waals surface area (Å²) in [5.74, 6) is 0.730. The van der Waals surface area contributed by atoms with Crippen molar-refractivity contribution in [3.05, 3.63) is 24.3 Å². The second-order valence-corrected chi connectivity index (χ2v) is 4.96. The molecule has 0 spiro atoms. The van der Waals surface area contributed by atoms with E-state index in [4.69, 9.17) is 4.74 Å². The standard InChI is InChI=1S/C15H22N2O2/c1-12(17-10-6-3-7-11-17)15(18)16-13-8-4-5-9-14(13)19-2/h4-5,8-9,12H,3,6-7,10-11H2,1-2H3,(H,16,18). The number of carbonyl (C=O) groups excluding carboxylic acids is 1. The summed E-state index contributed by atoms with van der Waals surface area (Å²) in [6.45, 7) is 4.00. The van der Waals surface area contributed by atoms with Crippen molar-refractivity contribution in [1.82, 2.24) is 4.90 Å². The lowest BCUT2D eigenvalue weighted by atomic mass is 10.1. The summed E-state index contributed by atoms with van der Waals surface area (Å²) in [7, 11) is 1.61. The van der Waals surface area contributed by atoms with Gasteiger partial charge in [0.05, 0.1) is 18.8 Å². The molecule has 1 aliphatic rings. The van der Waals surface area contributed by atoms with E-state index in [1.807, 2.05) is 31.2 Å². The minimum atomic E-state index is -0.0924. The van der Waals surface area contributed by atoms with Gasteiger partial charge in [-0.3, -0.25) is 9.69 Å². The van der Waals surface area contributed by atoms with Crippen LogP contribution in [0.1, 0.15) is 26.2 Å². The molecule has 1 aromatic carbocycles. The summed E-state index contributed by atoms with van der Waals surface area (Å²) in [6, 6.07) is 7.40. The van der Waals surface area contributed by atoms with Gasteiger partial charge in [-0.15, -0.1) is 0 Å². The molecule has 0 saturated carbocycles. The molecule has 1 aliphatic heterocycles. The molecule has 2 rings (SSSR count). The van der Waals surface area contributed by atoms with Crippen LogP contribution in [0.25, 0.3) is 0 Å². The van der Waals surface area contributed by atoms with Gasteiger partial charge in [0.2, 0.25) is 5.91 Å². The van der Waals surface area contributed by atoms with E-state index in [0.29, 0.717) is 5.75 Å². The first-order chi connectivity index (χ1) is 9.22. The summed E-state index contributed by atoms with van der Waals surface area (Å²) < 4.78 is 5.24. The Balaban J connectivity index is 1.99. The van der Waals surface area contributed by atoms with Crippen LogP contribution in [0, 0.1) is 0 Å². The van der Waals surface area contributed by atoms with Crippen molar-refractivity contribution in [2.45, 2.75) is 32.2 Å². The molecule has 1 amide bonds.